The molecule has 10 heteroatoms. The first-order valence-corrected chi connectivity index (χ1v) is 8.88. The van der Waals surface area contributed by atoms with Crippen molar-refractivity contribution in [1.29, 1.82) is 0 Å². The number of hydrogen-bond acceptors (Lipinski definition) is 7. The number of carbonyl (C=O) groups is 2. The van der Waals surface area contributed by atoms with Crippen LogP contribution in [0.5, 0.6) is 0 Å². The van der Waals surface area contributed by atoms with Gasteiger partial charge in [-0.3, -0.25) is 24.6 Å². The van der Waals surface area contributed by atoms with Crippen LogP contribution in [0.2, 0.25) is 5.02 Å². The molecule has 0 spiro atoms. The Morgan fingerprint density at radius 1 is 1.33 bits per heavy atom. The van der Waals surface area contributed by atoms with Crippen LogP contribution < -0.4 is 0 Å². The molecule has 0 aliphatic carbocycles. The smallest absolute Gasteiger partial charge is 0.293 e. The van der Waals surface area contributed by atoms with Crippen LogP contribution in [0.3, 0.4) is 0 Å². The lowest BCUT2D eigenvalue weighted by atomic mass is 10.1. The number of nitro benzene ring substituents is 1. The molecular weight excluding hydrogens is 396 g/mol. The lowest BCUT2D eigenvalue weighted by molar-refractivity contribution is -0.384. The van der Waals surface area contributed by atoms with Crippen LogP contribution >= 0.6 is 23.4 Å². The molecule has 1 saturated heterocycles. The third-order valence-electron chi connectivity index (χ3n) is 3.72. The number of amides is 2. The van der Waals surface area contributed by atoms with E-state index >= 15 is 0 Å². The fourth-order valence-corrected chi connectivity index (χ4v) is 3.51. The summed E-state index contributed by atoms with van der Waals surface area (Å²) in [7, 11) is 1.49. The predicted molar refractivity (Wildman–Crippen MR) is 100 cm³/mol. The summed E-state index contributed by atoms with van der Waals surface area (Å²) in [4.78, 5) is 35.8. The molecule has 1 aromatic carbocycles. The number of non-ortho nitro benzene ring substituents is 1. The number of methoxy groups -OCH3 is 1. The van der Waals surface area contributed by atoms with E-state index in [1.807, 2.05) is 0 Å². The summed E-state index contributed by atoms with van der Waals surface area (Å²) in [6.07, 6.45) is 1.47. The summed E-state index contributed by atoms with van der Waals surface area (Å²) in [6, 6.07) is 7.30. The number of carbonyl (C=O) groups excluding carboxylic acids is 2. The van der Waals surface area contributed by atoms with Gasteiger partial charge in [0.05, 0.1) is 28.0 Å². The maximum absolute atomic E-state index is 12.3. The Morgan fingerprint density at radius 2 is 2.11 bits per heavy atom. The monoisotopic (exact) mass is 408 g/mol. The van der Waals surface area contributed by atoms with Gasteiger partial charge in [-0.15, -0.1) is 0 Å². The zero-order valence-electron chi connectivity index (χ0n) is 14.0. The Balaban J connectivity index is 1.82. The number of nitrogens with zero attached hydrogens (tertiary/aromatic N) is 2. The minimum Gasteiger partial charge on any atom is -0.457 e. The molecule has 0 saturated carbocycles. The van der Waals surface area contributed by atoms with Gasteiger partial charge in [0.1, 0.15) is 11.5 Å². The van der Waals surface area contributed by atoms with Gasteiger partial charge in [0.25, 0.3) is 16.8 Å². The summed E-state index contributed by atoms with van der Waals surface area (Å²) in [5.41, 5.74) is 0.357. The Hall–Kier alpha value is -2.62. The fourth-order valence-electron chi connectivity index (χ4n) is 2.40. The lowest BCUT2D eigenvalue weighted by Crippen LogP contribution is -2.31. The molecule has 1 aliphatic rings. The van der Waals surface area contributed by atoms with Gasteiger partial charge in [-0.1, -0.05) is 11.6 Å². The van der Waals surface area contributed by atoms with Crippen molar-refractivity contribution in [3.05, 3.63) is 56.1 Å². The van der Waals surface area contributed by atoms with Crippen LogP contribution in [-0.4, -0.2) is 41.2 Å². The van der Waals surface area contributed by atoms with E-state index < -0.39 is 10.8 Å². The molecule has 8 nitrogen and oxygen atoms in total. The van der Waals surface area contributed by atoms with Gasteiger partial charge < -0.3 is 9.15 Å². The van der Waals surface area contributed by atoms with E-state index in [9.17, 15) is 19.7 Å². The van der Waals surface area contributed by atoms with Gasteiger partial charge in [-0.2, -0.15) is 0 Å². The molecule has 27 heavy (non-hydrogen) atoms. The zero-order chi connectivity index (χ0) is 19.6. The second-order valence-electron chi connectivity index (χ2n) is 5.45. The molecule has 0 radical (unpaired) electrons. The Kier molecular flexibility index (Phi) is 5.64. The quantitative estimate of drug-likeness (QED) is 0.401. The SMILES string of the molecule is COCCN1C(=O)S/C(=C/c2ccc(-c3ccc([N+](=O)[O-])cc3Cl)o2)C1=O. The largest absolute Gasteiger partial charge is 0.457 e. The van der Waals surface area contributed by atoms with Gasteiger partial charge >= 0.3 is 0 Å². The van der Waals surface area contributed by atoms with Crippen LogP contribution in [0.15, 0.2) is 39.7 Å². The van der Waals surface area contributed by atoms with Crippen LogP contribution in [0.1, 0.15) is 5.76 Å². The number of nitro groups is 1. The van der Waals surface area contributed by atoms with Crippen molar-refractivity contribution < 1.29 is 23.7 Å². The van der Waals surface area contributed by atoms with Gasteiger partial charge in [0.15, 0.2) is 0 Å². The third-order valence-corrected chi connectivity index (χ3v) is 4.94. The topological polar surface area (TPSA) is 103 Å². The van der Waals surface area contributed by atoms with E-state index in [1.165, 1.54) is 31.4 Å². The van der Waals surface area contributed by atoms with E-state index in [0.717, 1.165) is 16.7 Å². The lowest BCUT2D eigenvalue weighted by Gasteiger charge is -2.10. The molecular formula is C17H13ClN2O6S. The van der Waals surface area contributed by atoms with Gasteiger partial charge in [0, 0.05) is 30.9 Å². The maximum Gasteiger partial charge on any atom is 0.293 e. The van der Waals surface area contributed by atoms with Crippen molar-refractivity contribution in [2.45, 2.75) is 0 Å². The third kappa shape index (κ3) is 4.05. The highest BCUT2D eigenvalue weighted by Crippen LogP contribution is 2.35. The maximum atomic E-state index is 12.3. The van der Waals surface area contributed by atoms with Crippen molar-refractivity contribution >= 4 is 46.3 Å². The summed E-state index contributed by atoms with van der Waals surface area (Å²) >= 11 is 6.92. The number of benzene rings is 1. The average Bonchev–Trinajstić information content (AvgIpc) is 3.18. The van der Waals surface area contributed by atoms with Crippen molar-refractivity contribution in [2.75, 3.05) is 20.3 Å². The molecule has 140 valence electrons. The van der Waals surface area contributed by atoms with Crippen molar-refractivity contribution in [1.82, 2.24) is 4.90 Å². The molecule has 1 aliphatic heterocycles. The van der Waals surface area contributed by atoms with Crippen molar-refractivity contribution in [2.24, 2.45) is 0 Å². The first-order valence-electron chi connectivity index (χ1n) is 7.69. The second kappa shape index (κ2) is 7.95. The number of thioether (sulfide) groups is 1. The highest BCUT2D eigenvalue weighted by molar-refractivity contribution is 8.18. The van der Waals surface area contributed by atoms with Gasteiger partial charge in [0.2, 0.25) is 0 Å². The van der Waals surface area contributed by atoms with E-state index in [0.29, 0.717) is 17.1 Å². The number of hydrogen-bond donors (Lipinski definition) is 0. The molecule has 0 atom stereocenters. The molecule has 2 heterocycles. The fraction of sp³-hybridized carbons (Fsp3) is 0.176. The minimum absolute atomic E-state index is 0.125. The summed E-state index contributed by atoms with van der Waals surface area (Å²) in [5.74, 6) is 0.338. The van der Waals surface area contributed by atoms with E-state index in [1.54, 1.807) is 12.1 Å². The average molecular weight is 409 g/mol. The molecule has 2 aromatic rings. The molecule has 0 N–H and O–H groups in total. The molecule has 2 amide bonds. The van der Waals surface area contributed by atoms with E-state index in [4.69, 9.17) is 20.8 Å². The van der Waals surface area contributed by atoms with Gasteiger partial charge in [-0.25, -0.2) is 0 Å². The standard InChI is InChI=1S/C17H13ClN2O6S/c1-25-7-6-19-16(21)15(27-17(19)22)9-11-3-5-14(26-11)12-4-2-10(20(23)24)8-13(12)18/h2-5,8-9H,6-7H2,1H3/b15-9+. The molecule has 3 rings (SSSR count). The van der Waals surface area contributed by atoms with Crippen molar-refractivity contribution in [3.8, 4) is 11.3 Å². The highest BCUT2D eigenvalue weighted by Gasteiger charge is 2.34. The zero-order valence-corrected chi connectivity index (χ0v) is 15.6. The van der Waals surface area contributed by atoms with E-state index in [2.05, 4.69) is 0 Å². The number of ether oxygens (including phenoxy) is 1. The Morgan fingerprint density at radius 3 is 2.78 bits per heavy atom. The molecule has 1 fully saturated rings. The highest BCUT2D eigenvalue weighted by atomic mass is 35.5. The first-order chi connectivity index (χ1) is 12.9. The minimum atomic E-state index is -0.539. The number of furan rings is 1. The molecule has 0 bridgehead atoms. The number of halogens is 1. The van der Waals surface area contributed by atoms with Gasteiger partial charge in [-0.05, 0) is 30.0 Å². The summed E-state index contributed by atoms with van der Waals surface area (Å²) in [6.45, 7) is 0.440. The van der Waals surface area contributed by atoms with E-state index in [-0.39, 0.29) is 34.0 Å². The van der Waals surface area contributed by atoms with Crippen LogP contribution in [0, 0.1) is 10.1 Å². The number of imide groups is 1. The predicted octanol–water partition coefficient (Wildman–Crippen LogP) is 4.19. The Labute approximate surface area is 162 Å². The molecule has 1 aromatic heterocycles. The van der Waals surface area contributed by atoms with Crippen LogP contribution in [0.4, 0.5) is 10.5 Å². The normalized spacial score (nSPS) is 15.8. The Bertz CT molecular complexity index is 955. The van der Waals surface area contributed by atoms with Crippen LogP contribution in [-0.2, 0) is 9.53 Å². The number of rotatable bonds is 6. The first kappa shape index (κ1) is 19.2. The second-order valence-corrected chi connectivity index (χ2v) is 6.85. The molecule has 0 unspecified atom stereocenters. The van der Waals surface area contributed by atoms with Crippen molar-refractivity contribution in [3.63, 3.8) is 0 Å². The van der Waals surface area contributed by atoms with Crippen LogP contribution in [0.25, 0.3) is 17.4 Å². The summed E-state index contributed by atoms with van der Waals surface area (Å²) in [5, 5.41) is 10.6. The summed E-state index contributed by atoms with van der Waals surface area (Å²) < 4.78 is 10.6.